The highest BCUT2D eigenvalue weighted by Crippen LogP contribution is 2.34. The summed E-state index contributed by atoms with van der Waals surface area (Å²) in [6.45, 7) is 0.173. The van der Waals surface area contributed by atoms with E-state index in [1.165, 1.54) is 12.4 Å². The molecule has 1 aromatic heterocycles. The van der Waals surface area contributed by atoms with Crippen LogP contribution in [0.2, 0.25) is 0 Å². The Hall–Kier alpha value is -4.12. The number of hydrogen-bond acceptors (Lipinski definition) is 7. The van der Waals surface area contributed by atoms with E-state index >= 15 is 0 Å². The molecule has 0 bridgehead atoms. The molecule has 0 aliphatic carbocycles. The molecule has 1 amide bonds. The van der Waals surface area contributed by atoms with Crippen molar-refractivity contribution in [3.05, 3.63) is 66.0 Å². The molecule has 0 saturated heterocycles. The minimum atomic E-state index is -0.341. The number of fused-ring (bicyclic) bond motifs is 1. The molecule has 1 aliphatic heterocycles. The van der Waals surface area contributed by atoms with Gasteiger partial charge >= 0.3 is 0 Å². The molecule has 132 valence electrons. The fraction of sp³-hybridized carbons (Fsp3) is 0.0526. The van der Waals surface area contributed by atoms with Gasteiger partial charge in [0.2, 0.25) is 12.7 Å². The molecule has 0 fully saturated rings. The largest absolute Gasteiger partial charge is 0.454 e. The molecule has 3 aromatic rings. The van der Waals surface area contributed by atoms with Crippen molar-refractivity contribution in [3.63, 3.8) is 0 Å². The minimum absolute atomic E-state index is 0.173. The Morgan fingerprint density at radius 3 is 2.67 bits per heavy atom. The van der Waals surface area contributed by atoms with Gasteiger partial charge in [0, 0.05) is 29.8 Å². The number of ether oxygens (including phenoxy) is 2. The topological polar surface area (TPSA) is 109 Å². The average Bonchev–Trinajstić information content (AvgIpc) is 3.16. The van der Waals surface area contributed by atoms with Crippen LogP contribution >= 0.6 is 0 Å². The van der Waals surface area contributed by atoms with E-state index in [0.29, 0.717) is 39.9 Å². The van der Waals surface area contributed by atoms with Crippen LogP contribution in [0.3, 0.4) is 0 Å². The molecule has 0 unspecified atom stereocenters. The summed E-state index contributed by atoms with van der Waals surface area (Å²) in [5.41, 5.74) is 2.11. The maximum Gasteiger partial charge on any atom is 0.258 e. The molecule has 0 saturated carbocycles. The number of carbonyl (C=O) groups is 1. The molecule has 0 atom stereocenters. The molecule has 2 N–H and O–H groups in total. The number of rotatable bonds is 4. The Morgan fingerprint density at radius 2 is 1.85 bits per heavy atom. The third-order valence-corrected chi connectivity index (χ3v) is 3.79. The van der Waals surface area contributed by atoms with Gasteiger partial charge < -0.3 is 20.1 Å². The van der Waals surface area contributed by atoms with Gasteiger partial charge in [-0.15, -0.1) is 0 Å². The summed E-state index contributed by atoms with van der Waals surface area (Å²) in [6.07, 6.45) is 2.84. The van der Waals surface area contributed by atoms with E-state index in [-0.39, 0.29) is 12.7 Å². The van der Waals surface area contributed by atoms with E-state index in [0.717, 1.165) is 0 Å². The molecule has 8 heteroatoms. The first kappa shape index (κ1) is 16.4. The summed E-state index contributed by atoms with van der Waals surface area (Å²) in [5, 5.41) is 14.7. The Morgan fingerprint density at radius 1 is 1.04 bits per heavy atom. The highest BCUT2D eigenvalue weighted by atomic mass is 16.7. The number of hydrogen-bond donors (Lipinski definition) is 2. The molecular weight excluding hydrogens is 346 g/mol. The molecule has 2 heterocycles. The van der Waals surface area contributed by atoms with Crippen molar-refractivity contribution in [3.8, 4) is 17.6 Å². The Labute approximate surface area is 154 Å². The zero-order valence-electron chi connectivity index (χ0n) is 14.0. The molecule has 8 nitrogen and oxygen atoms in total. The summed E-state index contributed by atoms with van der Waals surface area (Å²) in [7, 11) is 0. The monoisotopic (exact) mass is 359 g/mol. The van der Waals surface area contributed by atoms with Gasteiger partial charge in [-0.3, -0.25) is 4.79 Å². The van der Waals surface area contributed by atoms with Gasteiger partial charge in [0.05, 0.1) is 17.2 Å². The maximum atomic E-state index is 12.3. The van der Waals surface area contributed by atoms with Gasteiger partial charge in [0.25, 0.3) is 5.91 Å². The third-order valence-electron chi connectivity index (χ3n) is 3.79. The molecule has 4 rings (SSSR count). The van der Waals surface area contributed by atoms with Gasteiger partial charge in [-0.1, -0.05) is 6.07 Å². The predicted molar refractivity (Wildman–Crippen MR) is 97.0 cm³/mol. The van der Waals surface area contributed by atoms with Crippen molar-refractivity contribution in [2.75, 3.05) is 17.4 Å². The Kier molecular flexibility index (Phi) is 4.25. The molecule has 0 radical (unpaired) electrons. The van der Waals surface area contributed by atoms with Crippen LogP contribution in [0.15, 0.2) is 54.9 Å². The van der Waals surface area contributed by atoms with Crippen molar-refractivity contribution in [2.45, 2.75) is 0 Å². The SMILES string of the molecule is N#Cc1cccc(Nc2ncc(C(=O)Nc3ccc4c(c3)OCO4)cn2)c1. The molecule has 1 aliphatic rings. The van der Waals surface area contributed by atoms with Crippen LogP contribution in [0, 0.1) is 11.3 Å². The maximum absolute atomic E-state index is 12.3. The first-order chi connectivity index (χ1) is 13.2. The predicted octanol–water partition coefficient (Wildman–Crippen LogP) is 3.07. The standard InChI is InChI=1S/C19H13N5O3/c20-8-12-2-1-3-14(6-12)24-19-21-9-13(10-22-19)18(25)23-15-4-5-16-17(7-15)27-11-26-16/h1-7,9-10H,11H2,(H,23,25)(H,21,22,24). The summed E-state index contributed by atoms with van der Waals surface area (Å²) in [6, 6.07) is 14.2. The second-order valence-electron chi connectivity index (χ2n) is 5.64. The zero-order chi connectivity index (χ0) is 18.6. The summed E-state index contributed by atoms with van der Waals surface area (Å²) in [4.78, 5) is 20.6. The zero-order valence-corrected chi connectivity index (χ0v) is 14.0. The second kappa shape index (κ2) is 7.01. The van der Waals surface area contributed by atoms with E-state index in [1.807, 2.05) is 0 Å². The fourth-order valence-electron chi connectivity index (χ4n) is 2.48. The quantitative estimate of drug-likeness (QED) is 0.737. The number of amides is 1. The summed E-state index contributed by atoms with van der Waals surface area (Å²) >= 11 is 0. The molecule has 0 spiro atoms. The number of nitrogens with one attached hydrogen (secondary N) is 2. The van der Waals surface area contributed by atoms with E-state index < -0.39 is 0 Å². The lowest BCUT2D eigenvalue weighted by atomic mass is 10.2. The van der Waals surface area contributed by atoms with Gasteiger partial charge in [-0.2, -0.15) is 5.26 Å². The van der Waals surface area contributed by atoms with E-state index in [9.17, 15) is 4.79 Å². The Bertz CT molecular complexity index is 1040. The van der Waals surface area contributed by atoms with Crippen LogP contribution in [0.5, 0.6) is 11.5 Å². The number of carbonyl (C=O) groups excluding carboxylic acids is 1. The van der Waals surface area contributed by atoms with Crippen molar-refractivity contribution in [1.82, 2.24) is 9.97 Å². The van der Waals surface area contributed by atoms with Crippen molar-refractivity contribution >= 4 is 23.2 Å². The smallest absolute Gasteiger partial charge is 0.258 e. The van der Waals surface area contributed by atoms with Crippen LogP contribution in [-0.4, -0.2) is 22.7 Å². The van der Waals surface area contributed by atoms with Crippen LogP contribution in [0.1, 0.15) is 15.9 Å². The third kappa shape index (κ3) is 3.62. The minimum Gasteiger partial charge on any atom is -0.454 e. The van der Waals surface area contributed by atoms with Crippen LogP contribution < -0.4 is 20.1 Å². The number of aromatic nitrogens is 2. The fourth-order valence-corrected chi connectivity index (χ4v) is 2.48. The first-order valence-electron chi connectivity index (χ1n) is 8.01. The van der Waals surface area contributed by atoms with Gasteiger partial charge in [0.1, 0.15) is 0 Å². The van der Waals surface area contributed by atoms with Crippen molar-refractivity contribution < 1.29 is 14.3 Å². The number of benzene rings is 2. The molecule has 27 heavy (non-hydrogen) atoms. The van der Waals surface area contributed by atoms with E-state index in [4.69, 9.17) is 14.7 Å². The van der Waals surface area contributed by atoms with Crippen molar-refractivity contribution in [2.24, 2.45) is 0 Å². The van der Waals surface area contributed by atoms with E-state index in [1.54, 1.807) is 42.5 Å². The molecular formula is C19H13N5O3. The van der Waals surface area contributed by atoms with Crippen LogP contribution in [-0.2, 0) is 0 Å². The van der Waals surface area contributed by atoms with Gasteiger partial charge in [-0.25, -0.2) is 9.97 Å². The van der Waals surface area contributed by atoms with E-state index in [2.05, 4.69) is 26.7 Å². The van der Waals surface area contributed by atoms with Gasteiger partial charge in [0.15, 0.2) is 11.5 Å². The number of nitrogens with zero attached hydrogens (tertiary/aromatic N) is 3. The average molecular weight is 359 g/mol. The summed E-state index contributed by atoms with van der Waals surface area (Å²) in [5.74, 6) is 1.21. The lowest BCUT2D eigenvalue weighted by molar-refractivity contribution is 0.102. The van der Waals surface area contributed by atoms with Crippen LogP contribution in [0.25, 0.3) is 0 Å². The lowest BCUT2D eigenvalue weighted by Gasteiger charge is -2.07. The van der Waals surface area contributed by atoms with Crippen molar-refractivity contribution in [1.29, 1.82) is 5.26 Å². The molecule has 2 aromatic carbocycles. The highest BCUT2D eigenvalue weighted by molar-refractivity contribution is 6.04. The number of nitriles is 1. The highest BCUT2D eigenvalue weighted by Gasteiger charge is 2.15. The lowest BCUT2D eigenvalue weighted by Crippen LogP contribution is -2.13. The first-order valence-corrected chi connectivity index (χ1v) is 8.01. The normalized spacial score (nSPS) is 11.5. The number of anilines is 3. The van der Waals surface area contributed by atoms with Crippen LogP contribution in [0.4, 0.5) is 17.3 Å². The van der Waals surface area contributed by atoms with Gasteiger partial charge in [-0.05, 0) is 30.3 Å². The second-order valence-corrected chi connectivity index (χ2v) is 5.64. The summed E-state index contributed by atoms with van der Waals surface area (Å²) < 4.78 is 10.5. The Balaban J connectivity index is 1.43.